The van der Waals surface area contributed by atoms with Gasteiger partial charge in [0.15, 0.2) is 0 Å². The number of ether oxygens (including phenoxy) is 4. The number of carbonyl (C=O) groups is 2. The number of oxime groups is 1. The topological polar surface area (TPSA) is 136 Å². The van der Waals surface area contributed by atoms with Gasteiger partial charge in [-0.3, -0.25) is 9.69 Å². The van der Waals surface area contributed by atoms with Crippen LogP contribution in [0.1, 0.15) is 99.5 Å². The molecule has 7 rings (SSSR count). The summed E-state index contributed by atoms with van der Waals surface area (Å²) in [7, 11) is 0. The molecule has 0 bridgehead atoms. The van der Waals surface area contributed by atoms with Gasteiger partial charge in [0.2, 0.25) is 5.79 Å². The standard InChI is InChI=1S/C54H64N2O9/c1-6-8-30-61-52(60)56(35-40-21-16-20-38-18-9-10-23-43(38)40)49-34-47(55-65-53(3,4)5)45-32-39(19-11-13-27-57)44(24-12-14-28-58)50-46-33-42(63-41-22-15-17-37(31-41)36-59)25-26-48(46)64-54(49,51(45)50)62-29-7-2/h6-7,9-10,15-18,20-23,25-26,31-33,36,39,44,49-51,57-58H,1-2,8,11-14,19,24,27-30,34-35H2,3-5H3/t39-,44+,49-,50+,51+,54+/m0/s1. The van der Waals surface area contributed by atoms with Crippen molar-refractivity contribution in [2.45, 2.75) is 102 Å². The number of carbonyl (C=O) groups excluding carboxylic acids is 2. The molecule has 11 heteroatoms. The average Bonchev–Trinajstić information content (AvgIpc) is 3.30. The van der Waals surface area contributed by atoms with E-state index in [2.05, 4.69) is 37.4 Å². The van der Waals surface area contributed by atoms with E-state index in [9.17, 15) is 19.8 Å². The number of unbranched alkanes of at least 4 members (excludes halogenated alkanes) is 2. The summed E-state index contributed by atoms with van der Waals surface area (Å²) in [6.07, 6.45) is 11.2. The van der Waals surface area contributed by atoms with Crippen molar-refractivity contribution in [3.05, 3.63) is 139 Å². The largest absolute Gasteiger partial charge is 0.459 e. The molecule has 0 unspecified atom stereocenters. The lowest BCUT2D eigenvalue weighted by atomic mass is 9.55. The Kier molecular flexibility index (Phi) is 15.6. The minimum Gasteiger partial charge on any atom is -0.459 e. The first-order valence-corrected chi connectivity index (χ1v) is 23.0. The lowest BCUT2D eigenvalue weighted by molar-refractivity contribution is -0.256. The normalized spacial score (nSPS) is 22.8. The molecular weight excluding hydrogens is 821 g/mol. The van der Waals surface area contributed by atoms with Gasteiger partial charge in [-0.25, -0.2) is 4.79 Å². The lowest BCUT2D eigenvalue weighted by Crippen LogP contribution is -2.70. The van der Waals surface area contributed by atoms with Gasteiger partial charge in [-0.1, -0.05) is 90.8 Å². The number of allylic oxidation sites excluding steroid dienone is 1. The number of fused-ring (bicyclic) bond motifs is 3. The molecular formula is C54H64N2O9. The number of amides is 1. The van der Waals surface area contributed by atoms with Crippen LogP contribution >= 0.6 is 0 Å². The number of benzene rings is 4. The third kappa shape index (κ3) is 10.7. The number of hydrogen-bond acceptors (Lipinski definition) is 10. The summed E-state index contributed by atoms with van der Waals surface area (Å²) in [5.74, 6) is -0.574. The molecule has 0 saturated heterocycles. The van der Waals surface area contributed by atoms with E-state index in [0.717, 1.165) is 59.4 Å². The van der Waals surface area contributed by atoms with Crippen LogP contribution in [-0.4, -0.2) is 77.1 Å². The molecule has 1 heterocycles. The molecule has 11 nitrogen and oxygen atoms in total. The number of nitrogens with zero attached hydrogens (tertiary/aromatic N) is 2. The summed E-state index contributed by atoms with van der Waals surface area (Å²) in [6, 6.07) is 26.3. The third-order valence-corrected chi connectivity index (χ3v) is 12.7. The number of aliphatic hydroxyl groups is 2. The van der Waals surface area contributed by atoms with E-state index in [1.54, 1.807) is 35.3 Å². The summed E-state index contributed by atoms with van der Waals surface area (Å²) >= 11 is 0. The third-order valence-electron chi connectivity index (χ3n) is 12.7. The predicted octanol–water partition coefficient (Wildman–Crippen LogP) is 11.1. The van der Waals surface area contributed by atoms with Crippen molar-refractivity contribution in [1.29, 1.82) is 0 Å². The molecule has 1 aliphatic heterocycles. The highest BCUT2D eigenvalue weighted by molar-refractivity contribution is 6.03. The Morgan fingerprint density at radius 2 is 1.68 bits per heavy atom. The Bertz CT molecular complexity index is 2360. The van der Waals surface area contributed by atoms with E-state index in [-0.39, 0.29) is 57.1 Å². The number of aldehydes is 1. The van der Waals surface area contributed by atoms with Crippen LogP contribution in [0.25, 0.3) is 10.8 Å². The van der Waals surface area contributed by atoms with Crippen molar-refractivity contribution in [2.75, 3.05) is 26.4 Å². The molecule has 6 atom stereocenters. The van der Waals surface area contributed by atoms with Gasteiger partial charge in [-0.2, -0.15) is 0 Å². The van der Waals surface area contributed by atoms with E-state index in [0.29, 0.717) is 47.8 Å². The smallest absolute Gasteiger partial charge is 0.410 e. The average molecular weight is 885 g/mol. The first-order valence-electron chi connectivity index (χ1n) is 23.0. The second-order valence-corrected chi connectivity index (χ2v) is 18.2. The molecule has 2 aliphatic carbocycles. The van der Waals surface area contributed by atoms with E-state index in [1.165, 1.54) is 0 Å². The fourth-order valence-corrected chi connectivity index (χ4v) is 9.92. The van der Waals surface area contributed by atoms with E-state index in [1.807, 2.05) is 69.3 Å². The molecule has 4 aromatic rings. The number of rotatable bonds is 21. The molecule has 1 fully saturated rings. The van der Waals surface area contributed by atoms with Crippen LogP contribution in [0, 0.1) is 17.8 Å². The zero-order valence-corrected chi connectivity index (χ0v) is 38.0. The molecule has 65 heavy (non-hydrogen) atoms. The minimum absolute atomic E-state index is 0.00610. The van der Waals surface area contributed by atoms with Gasteiger partial charge in [-0.05, 0) is 117 Å². The van der Waals surface area contributed by atoms with Crippen molar-refractivity contribution in [1.82, 2.24) is 4.90 Å². The first-order chi connectivity index (χ1) is 31.5. The highest BCUT2D eigenvalue weighted by Crippen LogP contribution is 2.62. The van der Waals surface area contributed by atoms with Crippen LogP contribution in [0.4, 0.5) is 4.79 Å². The van der Waals surface area contributed by atoms with Crippen molar-refractivity contribution >= 4 is 28.9 Å². The van der Waals surface area contributed by atoms with Gasteiger partial charge >= 0.3 is 6.09 Å². The van der Waals surface area contributed by atoms with Crippen molar-refractivity contribution in [3.63, 3.8) is 0 Å². The highest BCUT2D eigenvalue weighted by Gasteiger charge is 2.66. The van der Waals surface area contributed by atoms with Gasteiger partial charge in [0.05, 0.1) is 31.4 Å². The molecule has 3 aliphatic rings. The van der Waals surface area contributed by atoms with E-state index < -0.39 is 29.4 Å². The molecule has 0 spiro atoms. The maximum atomic E-state index is 14.9. The van der Waals surface area contributed by atoms with Gasteiger partial charge < -0.3 is 34.0 Å². The summed E-state index contributed by atoms with van der Waals surface area (Å²) in [6.45, 7) is 14.4. The van der Waals surface area contributed by atoms with Gasteiger partial charge in [0.1, 0.15) is 35.2 Å². The van der Waals surface area contributed by atoms with Crippen LogP contribution in [0.3, 0.4) is 0 Å². The van der Waals surface area contributed by atoms with Crippen LogP contribution in [0.2, 0.25) is 0 Å². The Morgan fingerprint density at radius 1 is 0.923 bits per heavy atom. The lowest BCUT2D eigenvalue weighted by Gasteiger charge is -2.60. The van der Waals surface area contributed by atoms with Crippen molar-refractivity contribution < 1.29 is 43.6 Å². The van der Waals surface area contributed by atoms with Crippen LogP contribution in [-0.2, 0) is 20.9 Å². The summed E-state index contributed by atoms with van der Waals surface area (Å²) in [4.78, 5) is 34.7. The van der Waals surface area contributed by atoms with E-state index >= 15 is 0 Å². The van der Waals surface area contributed by atoms with Crippen LogP contribution < -0.4 is 9.47 Å². The van der Waals surface area contributed by atoms with Gasteiger partial charge in [0, 0.05) is 36.7 Å². The van der Waals surface area contributed by atoms with Crippen LogP contribution in [0.5, 0.6) is 17.2 Å². The van der Waals surface area contributed by atoms with Crippen LogP contribution in [0.15, 0.2) is 127 Å². The molecule has 1 amide bonds. The van der Waals surface area contributed by atoms with Crippen molar-refractivity contribution in [3.8, 4) is 17.2 Å². The second kappa shape index (κ2) is 21.5. The van der Waals surface area contributed by atoms with Gasteiger partial charge in [-0.15, -0.1) is 13.2 Å². The molecule has 344 valence electrons. The predicted molar refractivity (Wildman–Crippen MR) is 253 cm³/mol. The second-order valence-electron chi connectivity index (χ2n) is 18.2. The Balaban J connectivity index is 1.48. The fourth-order valence-electron chi connectivity index (χ4n) is 9.92. The monoisotopic (exact) mass is 884 g/mol. The zero-order chi connectivity index (χ0) is 46.0. The molecule has 1 saturated carbocycles. The molecule has 0 aromatic heterocycles. The molecule has 2 N–H and O–H groups in total. The quantitative estimate of drug-likeness (QED) is 0.0363. The van der Waals surface area contributed by atoms with Crippen molar-refractivity contribution in [2.24, 2.45) is 22.9 Å². The maximum absolute atomic E-state index is 14.9. The first kappa shape index (κ1) is 47.2. The molecule has 0 radical (unpaired) electrons. The zero-order valence-electron chi connectivity index (χ0n) is 38.0. The Hall–Kier alpha value is -5.75. The fraction of sp³-hybridized carbons (Fsp3) is 0.426. The highest BCUT2D eigenvalue weighted by atomic mass is 16.7. The Morgan fingerprint density at radius 3 is 2.43 bits per heavy atom. The Labute approximate surface area is 383 Å². The summed E-state index contributed by atoms with van der Waals surface area (Å²) < 4.78 is 27.2. The maximum Gasteiger partial charge on any atom is 0.410 e. The number of aliphatic hydroxyl groups excluding tert-OH is 2. The summed E-state index contributed by atoms with van der Waals surface area (Å²) in [5, 5.41) is 27.0. The van der Waals surface area contributed by atoms with Gasteiger partial charge in [0.25, 0.3) is 0 Å². The summed E-state index contributed by atoms with van der Waals surface area (Å²) in [5.41, 5.74) is 3.32. The minimum atomic E-state index is -1.49. The number of hydrogen-bond donors (Lipinski definition) is 2. The SMILES string of the molecule is C=CCCOC(=O)N(Cc1cccc2ccccc12)[C@H]1CC(=NOC(C)(C)C)C2=C[C@H](CCCCO)[C@@H](CCCCO)[C@@H]3c4cc(Oc5cccc(C=O)c5)ccc4O[C@@]1(OCC=C)[C@H]23. The molecule has 4 aromatic carbocycles. The van der Waals surface area contributed by atoms with E-state index in [4.69, 9.17) is 28.9 Å².